The van der Waals surface area contributed by atoms with Crippen LogP contribution in [0, 0.1) is 11.8 Å². The van der Waals surface area contributed by atoms with Gasteiger partial charge in [0.2, 0.25) is 0 Å². The lowest BCUT2D eigenvalue weighted by molar-refractivity contribution is -0.113. The van der Waals surface area contributed by atoms with E-state index in [9.17, 15) is 4.79 Å². The van der Waals surface area contributed by atoms with E-state index in [2.05, 4.69) is 50.5 Å². The van der Waals surface area contributed by atoms with E-state index in [1.165, 1.54) is 12.1 Å². The molecular formula is C17H32N2O. The predicted octanol–water partition coefficient (Wildman–Crippen LogP) is 3.17. The first-order valence-corrected chi connectivity index (χ1v) is 8.14. The number of rotatable bonds is 8. The summed E-state index contributed by atoms with van der Waals surface area (Å²) in [6.45, 7) is 15.2. The summed E-state index contributed by atoms with van der Waals surface area (Å²) in [5.41, 5.74) is 1.39. The predicted molar refractivity (Wildman–Crippen MR) is 85.7 cm³/mol. The Morgan fingerprint density at radius 3 is 2.60 bits per heavy atom. The number of likely N-dealkylation sites (tertiary alicyclic amines) is 1. The van der Waals surface area contributed by atoms with Crippen molar-refractivity contribution in [3.63, 3.8) is 0 Å². The van der Waals surface area contributed by atoms with Gasteiger partial charge in [-0.2, -0.15) is 0 Å². The van der Waals surface area contributed by atoms with Crippen LogP contribution in [0.15, 0.2) is 11.8 Å². The van der Waals surface area contributed by atoms with Crippen LogP contribution in [-0.4, -0.2) is 48.3 Å². The second-order valence-corrected chi connectivity index (χ2v) is 6.31. The topological polar surface area (TPSA) is 23.6 Å². The Balaban J connectivity index is 2.55. The molecular weight excluding hydrogens is 248 g/mol. The molecule has 0 radical (unpaired) electrons. The van der Waals surface area contributed by atoms with Gasteiger partial charge < -0.3 is 9.69 Å². The van der Waals surface area contributed by atoms with E-state index in [1.807, 2.05) is 0 Å². The van der Waals surface area contributed by atoms with E-state index < -0.39 is 0 Å². The zero-order valence-electron chi connectivity index (χ0n) is 13.9. The van der Waals surface area contributed by atoms with Crippen molar-refractivity contribution in [2.24, 2.45) is 11.8 Å². The maximum absolute atomic E-state index is 11.3. The second kappa shape index (κ2) is 8.46. The molecule has 0 aromatic carbocycles. The summed E-state index contributed by atoms with van der Waals surface area (Å²) >= 11 is 0. The summed E-state index contributed by atoms with van der Waals surface area (Å²) < 4.78 is 0. The fraction of sp³-hybridized carbons (Fsp3) is 0.824. The van der Waals surface area contributed by atoms with E-state index in [0.717, 1.165) is 38.9 Å². The highest BCUT2D eigenvalue weighted by Crippen LogP contribution is 2.23. The molecule has 1 rings (SSSR count). The Labute approximate surface area is 125 Å². The second-order valence-electron chi connectivity index (χ2n) is 6.31. The van der Waals surface area contributed by atoms with Crippen molar-refractivity contribution in [1.29, 1.82) is 0 Å². The Hall–Kier alpha value is -0.830. The summed E-state index contributed by atoms with van der Waals surface area (Å²) in [4.78, 5) is 16.1. The van der Waals surface area contributed by atoms with Crippen molar-refractivity contribution in [1.82, 2.24) is 9.80 Å². The number of nitrogens with zero attached hydrogens (tertiary/aromatic N) is 2. The van der Waals surface area contributed by atoms with Crippen LogP contribution in [0.1, 0.15) is 47.5 Å². The molecule has 3 heteroatoms. The van der Waals surface area contributed by atoms with Crippen LogP contribution in [0.2, 0.25) is 0 Å². The summed E-state index contributed by atoms with van der Waals surface area (Å²) in [7, 11) is 0. The average Bonchev–Trinajstić information content (AvgIpc) is 2.85. The van der Waals surface area contributed by atoms with Crippen molar-refractivity contribution in [3.05, 3.63) is 11.8 Å². The third-order valence-corrected chi connectivity index (χ3v) is 4.42. The maximum Gasteiger partial charge on any atom is 0.137 e. The molecule has 0 N–H and O–H groups in total. The van der Waals surface area contributed by atoms with Gasteiger partial charge in [-0.3, -0.25) is 4.90 Å². The highest BCUT2D eigenvalue weighted by molar-refractivity contribution is 5.58. The summed E-state index contributed by atoms with van der Waals surface area (Å²) in [5, 5.41) is 0. The van der Waals surface area contributed by atoms with E-state index in [1.54, 1.807) is 0 Å². The lowest BCUT2D eigenvalue weighted by Gasteiger charge is -2.29. The molecule has 3 nitrogen and oxygen atoms in total. The molecule has 1 saturated heterocycles. The third-order valence-electron chi connectivity index (χ3n) is 4.42. The average molecular weight is 280 g/mol. The molecule has 2 unspecified atom stereocenters. The van der Waals surface area contributed by atoms with E-state index in [4.69, 9.17) is 0 Å². The fourth-order valence-corrected chi connectivity index (χ4v) is 3.21. The van der Waals surface area contributed by atoms with Crippen molar-refractivity contribution in [2.75, 3.05) is 26.2 Å². The van der Waals surface area contributed by atoms with Gasteiger partial charge in [-0.15, -0.1) is 0 Å². The lowest BCUT2D eigenvalue weighted by Crippen LogP contribution is -2.39. The van der Waals surface area contributed by atoms with Gasteiger partial charge in [0.1, 0.15) is 6.29 Å². The van der Waals surface area contributed by atoms with Crippen LogP contribution in [0.5, 0.6) is 0 Å². The molecule has 1 heterocycles. The molecule has 0 bridgehead atoms. The SMILES string of the molecule is CC/C=C(/C)N(CC)CC1CCN(C(C=O)C(C)C)C1. The van der Waals surface area contributed by atoms with Crippen LogP contribution >= 0.6 is 0 Å². The smallest absolute Gasteiger partial charge is 0.137 e. The molecule has 1 fully saturated rings. The van der Waals surface area contributed by atoms with Gasteiger partial charge in [0.25, 0.3) is 0 Å². The minimum atomic E-state index is 0.0994. The molecule has 20 heavy (non-hydrogen) atoms. The minimum absolute atomic E-state index is 0.0994. The van der Waals surface area contributed by atoms with E-state index in [0.29, 0.717) is 11.8 Å². The first-order valence-electron chi connectivity index (χ1n) is 8.14. The van der Waals surface area contributed by atoms with Crippen LogP contribution in [-0.2, 0) is 4.79 Å². The fourth-order valence-electron chi connectivity index (χ4n) is 3.21. The molecule has 0 aliphatic carbocycles. The zero-order chi connectivity index (χ0) is 15.1. The van der Waals surface area contributed by atoms with Gasteiger partial charge >= 0.3 is 0 Å². The van der Waals surface area contributed by atoms with Gasteiger partial charge in [-0.25, -0.2) is 0 Å². The molecule has 116 valence electrons. The van der Waals surface area contributed by atoms with Gasteiger partial charge in [0.05, 0.1) is 6.04 Å². The quantitative estimate of drug-likeness (QED) is 0.638. The van der Waals surface area contributed by atoms with Crippen molar-refractivity contribution < 1.29 is 4.79 Å². The Kier molecular flexibility index (Phi) is 7.28. The van der Waals surface area contributed by atoms with Crippen LogP contribution in [0.4, 0.5) is 0 Å². The van der Waals surface area contributed by atoms with Gasteiger partial charge in [0.15, 0.2) is 0 Å². The highest BCUT2D eigenvalue weighted by atomic mass is 16.1. The number of carbonyl (C=O) groups is 1. The molecule has 2 atom stereocenters. The minimum Gasteiger partial charge on any atom is -0.375 e. The molecule has 1 aliphatic rings. The standard InChI is InChI=1S/C17H32N2O/c1-6-8-15(5)18(7-2)11-16-9-10-19(12-16)17(13-20)14(3)4/h8,13-14,16-17H,6-7,9-12H2,1-5H3/b15-8-. The summed E-state index contributed by atoms with van der Waals surface area (Å²) in [5.74, 6) is 1.10. The first-order chi connectivity index (χ1) is 9.53. The monoisotopic (exact) mass is 280 g/mol. The molecule has 1 aliphatic heterocycles. The number of aldehydes is 1. The Morgan fingerprint density at radius 1 is 1.40 bits per heavy atom. The third kappa shape index (κ3) is 4.62. The molecule has 0 amide bonds. The van der Waals surface area contributed by atoms with Crippen molar-refractivity contribution in [2.45, 2.75) is 53.5 Å². The normalized spacial score (nSPS) is 22.3. The summed E-state index contributed by atoms with van der Waals surface area (Å²) in [6.07, 6.45) is 5.75. The van der Waals surface area contributed by atoms with Crippen molar-refractivity contribution >= 4 is 6.29 Å². The highest BCUT2D eigenvalue weighted by Gasteiger charge is 2.30. The van der Waals surface area contributed by atoms with Gasteiger partial charge in [-0.05, 0) is 45.1 Å². The molecule has 0 aromatic heterocycles. The van der Waals surface area contributed by atoms with Crippen LogP contribution < -0.4 is 0 Å². The van der Waals surface area contributed by atoms with E-state index >= 15 is 0 Å². The molecule has 0 aromatic rings. The number of hydrogen-bond donors (Lipinski definition) is 0. The molecule has 0 saturated carbocycles. The number of allylic oxidation sites excluding steroid dienone is 2. The van der Waals surface area contributed by atoms with Crippen molar-refractivity contribution in [3.8, 4) is 0 Å². The Bertz CT molecular complexity index is 325. The van der Waals surface area contributed by atoms with Crippen LogP contribution in [0.3, 0.4) is 0 Å². The number of carbonyl (C=O) groups excluding carboxylic acids is 1. The maximum atomic E-state index is 11.3. The number of hydrogen-bond acceptors (Lipinski definition) is 3. The van der Waals surface area contributed by atoms with Gasteiger partial charge in [0, 0.05) is 25.3 Å². The lowest BCUT2D eigenvalue weighted by atomic mass is 10.0. The Morgan fingerprint density at radius 2 is 2.10 bits per heavy atom. The van der Waals surface area contributed by atoms with E-state index in [-0.39, 0.29) is 6.04 Å². The molecule has 0 spiro atoms. The van der Waals surface area contributed by atoms with Gasteiger partial charge in [-0.1, -0.05) is 26.8 Å². The zero-order valence-corrected chi connectivity index (χ0v) is 13.9. The summed E-state index contributed by atoms with van der Waals surface area (Å²) in [6, 6.07) is 0.0994. The largest absolute Gasteiger partial charge is 0.375 e. The first kappa shape index (κ1) is 17.2. The van der Waals surface area contributed by atoms with Crippen LogP contribution in [0.25, 0.3) is 0 Å².